The molecule has 24 heavy (non-hydrogen) atoms. The van der Waals surface area contributed by atoms with E-state index < -0.39 is 5.97 Å². The number of piperazine rings is 1. The van der Waals surface area contributed by atoms with Crippen LogP contribution in [0.4, 0.5) is 0 Å². The molecular weight excluding hydrogens is 306 g/mol. The molecule has 130 valence electrons. The molecule has 1 aromatic heterocycles. The van der Waals surface area contributed by atoms with E-state index in [0.717, 1.165) is 61.2 Å². The summed E-state index contributed by atoms with van der Waals surface area (Å²) in [6.07, 6.45) is 2.89. The van der Waals surface area contributed by atoms with Crippen LogP contribution in [0.15, 0.2) is 18.3 Å². The van der Waals surface area contributed by atoms with Crippen molar-refractivity contribution in [3.8, 4) is 0 Å². The van der Waals surface area contributed by atoms with E-state index in [1.807, 2.05) is 29.8 Å². The van der Waals surface area contributed by atoms with Gasteiger partial charge in [0, 0.05) is 50.9 Å². The maximum atomic E-state index is 11.7. The van der Waals surface area contributed by atoms with Gasteiger partial charge in [0.25, 0.3) is 0 Å². The summed E-state index contributed by atoms with van der Waals surface area (Å²) < 4.78 is 1.89. The molecular formula is C18H25N3O3. The Morgan fingerprint density at radius 3 is 2.67 bits per heavy atom. The number of aliphatic hydroxyl groups is 1. The molecule has 0 atom stereocenters. The highest BCUT2D eigenvalue weighted by atomic mass is 16.4. The molecule has 0 saturated carbocycles. The number of hydrogen-bond acceptors (Lipinski definition) is 4. The second-order valence-electron chi connectivity index (χ2n) is 6.37. The van der Waals surface area contributed by atoms with Gasteiger partial charge in [0.2, 0.25) is 0 Å². The Kier molecular flexibility index (Phi) is 5.18. The molecule has 2 heterocycles. The molecule has 0 radical (unpaired) electrons. The molecule has 2 aromatic rings. The maximum absolute atomic E-state index is 11.7. The first-order chi connectivity index (χ1) is 11.6. The lowest BCUT2D eigenvalue weighted by atomic mass is 10.0. The molecule has 6 nitrogen and oxygen atoms in total. The third-order valence-electron chi connectivity index (χ3n) is 4.79. The number of carboxylic acids is 1. The van der Waals surface area contributed by atoms with Crippen LogP contribution in [0.25, 0.3) is 10.9 Å². The Morgan fingerprint density at radius 2 is 2.00 bits per heavy atom. The molecule has 6 heteroatoms. The number of aryl methyl sites for hydroxylation is 1. The minimum Gasteiger partial charge on any atom is -0.478 e. The lowest BCUT2D eigenvalue weighted by molar-refractivity contribution is 0.0697. The van der Waals surface area contributed by atoms with Crippen LogP contribution in [-0.2, 0) is 13.0 Å². The molecule has 1 aliphatic rings. The van der Waals surface area contributed by atoms with Crippen LogP contribution >= 0.6 is 0 Å². The van der Waals surface area contributed by atoms with Gasteiger partial charge in [-0.25, -0.2) is 4.79 Å². The van der Waals surface area contributed by atoms with E-state index in [4.69, 9.17) is 0 Å². The Labute approximate surface area is 141 Å². The second kappa shape index (κ2) is 7.34. The van der Waals surface area contributed by atoms with Crippen molar-refractivity contribution in [3.05, 3.63) is 35.0 Å². The fourth-order valence-corrected chi connectivity index (χ4v) is 3.54. The molecule has 1 aromatic carbocycles. The summed E-state index contributed by atoms with van der Waals surface area (Å²) in [4.78, 5) is 14.1. The summed E-state index contributed by atoms with van der Waals surface area (Å²) in [5, 5.41) is 23.3. The Hall–Kier alpha value is -1.89. The summed E-state index contributed by atoms with van der Waals surface area (Å²) in [5.74, 6) is -0.913. The van der Waals surface area contributed by atoms with Gasteiger partial charge in [-0.2, -0.15) is 0 Å². The van der Waals surface area contributed by atoms with Gasteiger partial charge in [-0.3, -0.25) is 0 Å². The van der Waals surface area contributed by atoms with Crippen LogP contribution in [0.2, 0.25) is 0 Å². The van der Waals surface area contributed by atoms with E-state index in [9.17, 15) is 15.0 Å². The van der Waals surface area contributed by atoms with Crippen molar-refractivity contribution >= 4 is 16.9 Å². The van der Waals surface area contributed by atoms with E-state index in [1.54, 1.807) is 0 Å². The summed E-state index contributed by atoms with van der Waals surface area (Å²) >= 11 is 0. The number of aliphatic hydroxyl groups excluding tert-OH is 1. The topological polar surface area (TPSA) is 77.7 Å². The van der Waals surface area contributed by atoms with Gasteiger partial charge in [0.15, 0.2) is 0 Å². The number of nitrogens with zero attached hydrogens (tertiary/aromatic N) is 2. The van der Waals surface area contributed by atoms with E-state index in [2.05, 4.69) is 10.2 Å². The summed E-state index contributed by atoms with van der Waals surface area (Å²) in [6.45, 7) is 7.34. The van der Waals surface area contributed by atoms with Gasteiger partial charge in [0.1, 0.15) is 0 Å². The first-order valence-electron chi connectivity index (χ1n) is 8.50. The number of aromatic nitrogens is 1. The predicted molar refractivity (Wildman–Crippen MR) is 93.7 cm³/mol. The molecule has 0 bridgehead atoms. The highest BCUT2D eigenvalue weighted by molar-refractivity contribution is 6.04. The summed E-state index contributed by atoms with van der Waals surface area (Å²) in [7, 11) is 0. The predicted octanol–water partition coefficient (Wildman–Crippen LogP) is 1.09. The first kappa shape index (κ1) is 17.0. The number of hydrogen-bond donors (Lipinski definition) is 3. The highest BCUT2D eigenvalue weighted by Crippen LogP contribution is 2.28. The largest absolute Gasteiger partial charge is 0.478 e. The lowest BCUT2D eigenvalue weighted by Gasteiger charge is -2.26. The Morgan fingerprint density at radius 1 is 1.25 bits per heavy atom. The van der Waals surface area contributed by atoms with Gasteiger partial charge >= 0.3 is 5.97 Å². The SMILES string of the molecule is Cc1ccc2c(CCN3CCNCC3)cn(CCO)c2c1C(=O)O. The van der Waals surface area contributed by atoms with Crippen molar-refractivity contribution in [1.82, 2.24) is 14.8 Å². The van der Waals surface area contributed by atoms with Crippen LogP contribution in [0.1, 0.15) is 21.5 Å². The van der Waals surface area contributed by atoms with Crippen molar-refractivity contribution in [3.63, 3.8) is 0 Å². The number of fused-ring (bicyclic) bond motifs is 1. The zero-order chi connectivity index (χ0) is 17.1. The number of nitrogens with one attached hydrogen (secondary N) is 1. The van der Waals surface area contributed by atoms with Gasteiger partial charge in [-0.05, 0) is 24.5 Å². The summed E-state index contributed by atoms with van der Waals surface area (Å²) in [6, 6.07) is 3.89. The molecule has 0 unspecified atom stereocenters. The smallest absolute Gasteiger partial charge is 0.338 e. The van der Waals surface area contributed by atoms with E-state index in [0.29, 0.717) is 12.1 Å². The van der Waals surface area contributed by atoms with E-state index >= 15 is 0 Å². The van der Waals surface area contributed by atoms with E-state index in [-0.39, 0.29) is 6.61 Å². The zero-order valence-corrected chi connectivity index (χ0v) is 14.1. The van der Waals surface area contributed by atoms with Crippen LogP contribution < -0.4 is 5.32 Å². The van der Waals surface area contributed by atoms with E-state index in [1.165, 1.54) is 0 Å². The molecule has 1 saturated heterocycles. The number of aromatic carboxylic acids is 1. The second-order valence-corrected chi connectivity index (χ2v) is 6.37. The minimum atomic E-state index is -0.913. The highest BCUT2D eigenvalue weighted by Gasteiger charge is 2.19. The van der Waals surface area contributed by atoms with Crippen molar-refractivity contribution in [2.75, 3.05) is 39.3 Å². The fraction of sp³-hybridized carbons (Fsp3) is 0.500. The standard InChI is InChI=1S/C18H25N3O3/c1-13-2-3-15-14(4-7-20-8-5-19-6-9-20)12-21(10-11-22)17(15)16(13)18(23)24/h2-3,12,19,22H,4-11H2,1H3,(H,23,24). The van der Waals surface area contributed by atoms with Gasteiger partial charge in [0.05, 0.1) is 17.7 Å². The Balaban J connectivity index is 1.96. The van der Waals surface area contributed by atoms with Crippen LogP contribution in [0, 0.1) is 6.92 Å². The average molecular weight is 331 g/mol. The van der Waals surface area contributed by atoms with Gasteiger partial charge in [-0.15, -0.1) is 0 Å². The molecule has 0 spiro atoms. The van der Waals surface area contributed by atoms with Crippen LogP contribution in [0.5, 0.6) is 0 Å². The molecule has 1 aliphatic heterocycles. The third kappa shape index (κ3) is 3.31. The molecule has 3 rings (SSSR count). The van der Waals surface area contributed by atoms with Gasteiger partial charge < -0.3 is 25.0 Å². The van der Waals surface area contributed by atoms with Crippen molar-refractivity contribution in [2.24, 2.45) is 0 Å². The maximum Gasteiger partial charge on any atom is 0.338 e. The number of carboxylic acid groups (broad SMARTS) is 1. The average Bonchev–Trinajstić information content (AvgIpc) is 2.91. The number of rotatable bonds is 6. The van der Waals surface area contributed by atoms with Gasteiger partial charge in [-0.1, -0.05) is 12.1 Å². The Bertz CT molecular complexity index is 733. The molecule has 0 amide bonds. The third-order valence-corrected chi connectivity index (χ3v) is 4.79. The quantitative estimate of drug-likeness (QED) is 0.738. The fourth-order valence-electron chi connectivity index (χ4n) is 3.54. The van der Waals surface area contributed by atoms with Crippen LogP contribution in [0.3, 0.4) is 0 Å². The lowest BCUT2D eigenvalue weighted by Crippen LogP contribution is -2.44. The van der Waals surface area contributed by atoms with Crippen molar-refractivity contribution < 1.29 is 15.0 Å². The summed E-state index contributed by atoms with van der Waals surface area (Å²) in [5.41, 5.74) is 2.97. The zero-order valence-electron chi connectivity index (χ0n) is 14.1. The minimum absolute atomic E-state index is 0.00594. The van der Waals surface area contributed by atoms with Crippen molar-refractivity contribution in [1.29, 1.82) is 0 Å². The molecule has 3 N–H and O–H groups in total. The molecule has 0 aliphatic carbocycles. The number of carbonyl (C=O) groups is 1. The van der Waals surface area contributed by atoms with Crippen molar-refractivity contribution in [2.45, 2.75) is 19.9 Å². The monoisotopic (exact) mass is 331 g/mol. The number of benzene rings is 1. The first-order valence-corrected chi connectivity index (χ1v) is 8.50. The van der Waals surface area contributed by atoms with Crippen LogP contribution in [-0.4, -0.2) is 65.0 Å². The normalized spacial score (nSPS) is 15.9. The molecule has 1 fully saturated rings.